The molecule has 0 saturated carbocycles. The third kappa shape index (κ3) is 6.30. The van der Waals surface area contributed by atoms with E-state index in [-0.39, 0.29) is 11.8 Å². The number of nitrogens with zero attached hydrogens (tertiary/aromatic N) is 1. The van der Waals surface area contributed by atoms with E-state index in [1.54, 1.807) is 18.3 Å². The van der Waals surface area contributed by atoms with Gasteiger partial charge in [-0.2, -0.15) is 0 Å². The molecule has 0 aromatic carbocycles. The first-order valence-electron chi connectivity index (χ1n) is 5.96. The normalized spacial score (nSPS) is 13.3. The number of nitrogens with one attached hydrogen (secondary N) is 2. The zero-order valence-electron chi connectivity index (χ0n) is 11.3. The predicted molar refractivity (Wildman–Crippen MR) is 74.1 cm³/mol. The number of amides is 1. The van der Waals surface area contributed by atoms with Crippen LogP contribution in [-0.2, 0) is 14.8 Å². The molecule has 0 aliphatic carbocycles. The van der Waals surface area contributed by atoms with Crippen LogP contribution in [0.25, 0.3) is 0 Å². The molecule has 0 fully saturated rings. The molecule has 0 saturated heterocycles. The minimum absolute atomic E-state index is 0.193. The Morgan fingerprint density at radius 3 is 2.58 bits per heavy atom. The first kappa shape index (κ1) is 15.6. The molecule has 19 heavy (non-hydrogen) atoms. The van der Waals surface area contributed by atoms with Gasteiger partial charge in [0.1, 0.15) is 6.04 Å². The maximum absolute atomic E-state index is 12.1. The first-order valence-corrected chi connectivity index (χ1v) is 7.85. The molecule has 1 heterocycles. The quantitative estimate of drug-likeness (QED) is 0.815. The molecule has 0 spiro atoms. The summed E-state index contributed by atoms with van der Waals surface area (Å²) in [5.74, 6) is -0.189. The molecule has 7 heteroatoms. The summed E-state index contributed by atoms with van der Waals surface area (Å²) in [6.07, 6.45) is 4.57. The highest BCUT2D eigenvalue weighted by atomic mass is 32.2. The van der Waals surface area contributed by atoms with Gasteiger partial charge < -0.3 is 5.32 Å². The lowest BCUT2D eigenvalue weighted by molar-refractivity contribution is -0.118. The Morgan fingerprint density at radius 1 is 1.42 bits per heavy atom. The van der Waals surface area contributed by atoms with E-state index >= 15 is 0 Å². The number of hydrogen-bond donors (Lipinski definition) is 2. The zero-order valence-corrected chi connectivity index (χ0v) is 12.1. The molecule has 1 aromatic rings. The van der Waals surface area contributed by atoms with E-state index in [9.17, 15) is 13.2 Å². The predicted octanol–water partition coefficient (Wildman–Crippen LogP) is 0.984. The molecule has 0 bridgehead atoms. The van der Waals surface area contributed by atoms with Gasteiger partial charge in [-0.25, -0.2) is 13.1 Å². The van der Waals surface area contributed by atoms with Crippen molar-refractivity contribution in [2.75, 3.05) is 11.6 Å². The van der Waals surface area contributed by atoms with Crippen molar-refractivity contribution >= 4 is 21.6 Å². The lowest BCUT2D eigenvalue weighted by Gasteiger charge is -2.18. The molecule has 0 radical (unpaired) electrons. The van der Waals surface area contributed by atoms with E-state index in [1.165, 1.54) is 6.20 Å². The number of rotatable bonds is 6. The standard InChI is InChI=1S/C12H19N3O3S/c1-9(2)7-11(15-19(3,17)18)12(16)14-10-5-4-6-13-8-10/h4-6,8-9,11,15H,7H2,1-3H3,(H,14,16). The third-order valence-electron chi connectivity index (χ3n) is 2.31. The minimum atomic E-state index is -3.43. The number of carbonyl (C=O) groups excluding carboxylic acids is 1. The summed E-state index contributed by atoms with van der Waals surface area (Å²) in [5.41, 5.74) is 0.538. The lowest BCUT2D eigenvalue weighted by Crippen LogP contribution is -2.44. The van der Waals surface area contributed by atoms with Crippen molar-refractivity contribution in [2.45, 2.75) is 26.3 Å². The summed E-state index contributed by atoms with van der Waals surface area (Å²) in [6.45, 7) is 3.85. The molecule has 0 aliphatic rings. The molecule has 106 valence electrons. The summed E-state index contributed by atoms with van der Waals surface area (Å²) in [6, 6.07) is 2.60. The number of sulfonamides is 1. The summed E-state index contributed by atoms with van der Waals surface area (Å²) in [4.78, 5) is 15.9. The molecule has 1 atom stereocenters. The van der Waals surface area contributed by atoms with Crippen molar-refractivity contribution in [2.24, 2.45) is 5.92 Å². The van der Waals surface area contributed by atoms with Gasteiger partial charge in [-0.05, 0) is 24.5 Å². The van der Waals surface area contributed by atoms with Crippen LogP contribution in [0.2, 0.25) is 0 Å². The Kier molecular flexibility index (Phi) is 5.44. The van der Waals surface area contributed by atoms with Crippen molar-refractivity contribution < 1.29 is 13.2 Å². The fraction of sp³-hybridized carbons (Fsp3) is 0.500. The topological polar surface area (TPSA) is 88.2 Å². The van der Waals surface area contributed by atoms with Crippen LogP contribution in [0.5, 0.6) is 0 Å². The zero-order chi connectivity index (χ0) is 14.5. The Labute approximate surface area is 113 Å². The van der Waals surface area contributed by atoms with E-state index < -0.39 is 16.1 Å². The average Bonchev–Trinajstić information content (AvgIpc) is 2.27. The van der Waals surface area contributed by atoms with Gasteiger partial charge in [-0.3, -0.25) is 9.78 Å². The number of pyridine rings is 1. The average molecular weight is 285 g/mol. The van der Waals surface area contributed by atoms with Gasteiger partial charge in [0.15, 0.2) is 0 Å². The van der Waals surface area contributed by atoms with Gasteiger partial charge in [0.05, 0.1) is 18.1 Å². The Bertz CT molecular complexity index is 514. The number of anilines is 1. The fourth-order valence-corrected chi connectivity index (χ4v) is 2.32. The van der Waals surface area contributed by atoms with Crippen LogP contribution in [0.3, 0.4) is 0 Å². The molecular weight excluding hydrogens is 266 g/mol. The van der Waals surface area contributed by atoms with E-state index in [1.807, 2.05) is 13.8 Å². The highest BCUT2D eigenvalue weighted by Gasteiger charge is 2.23. The fourth-order valence-electron chi connectivity index (χ4n) is 1.60. The number of carbonyl (C=O) groups is 1. The second-order valence-electron chi connectivity index (χ2n) is 4.80. The highest BCUT2D eigenvalue weighted by Crippen LogP contribution is 2.09. The van der Waals surface area contributed by atoms with E-state index in [0.29, 0.717) is 12.1 Å². The van der Waals surface area contributed by atoms with Crippen LogP contribution < -0.4 is 10.0 Å². The second kappa shape index (κ2) is 6.63. The van der Waals surface area contributed by atoms with Gasteiger partial charge in [-0.1, -0.05) is 13.8 Å². The van der Waals surface area contributed by atoms with Gasteiger partial charge >= 0.3 is 0 Å². The molecule has 6 nitrogen and oxygen atoms in total. The van der Waals surface area contributed by atoms with E-state index in [0.717, 1.165) is 6.26 Å². The Balaban J connectivity index is 2.77. The van der Waals surface area contributed by atoms with Crippen LogP contribution in [0.1, 0.15) is 20.3 Å². The second-order valence-corrected chi connectivity index (χ2v) is 6.58. The van der Waals surface area contributed by atoms with Gasteiger partial charge in [0.25, 0.3) is 0 Å². The summed E-state index contributed by atoms with van der Waals surface area (Å²) in [5, 5.41) is 2.64. The Hall–Kier alpha value is -1.47. The molecular formula is C12H19N3O3S. The maximum Gasteiger partial charge on any atom is 0.242 e. The molecule has 1 rings (SSSR count). The van der Waals surface area contributed by atoms with Crippen molar-refractivity contribution in [3.05, 3.63) is 24.5 Å². The monoisotopic (exact) mass is 285 g/mol. The highest BCUT2D eigenvalue weighted by molar-refractivity contribution is 7.88. The van der Waals surface area contributed by atoms with E-state index in [2.05, 4.69) is 15.0 Å². The van der Waals surface area contributed by atoms with Crippen molar-refractivity contribution in [3.8, 4) is 0 Å². The van der Waals surface area contributed by atoms with Crippen LogP contribution >= 0.6 is 0 Å². The van der Waals surface area contributed by atoms with Gasteiger partial charge in [0.2, 0.25) is 15.9 Å². The largest absolute Gasteiger partial charge is 0.323 e. The summed E-state index contributed by atoms with van der Waals surface area (Å²) >= 11 is 0. The third-order valence-corrected chi connectivity index (χ3v) is 3.02. The molecule has 0 aliphatic heterocycles. The molecule has 1 aromatic heterocycles. The minimum Gasteiger partial charge on any atom is -0.323 e. The van der Waals surface area contributed by atoms with Crippen LogP contribution in [0, 0.1) is 5.92 Å². The lowest BCUT2D eigenvalue weighted by atomic mass is 10.0. The van der Waals surface area contributed by atoms with Crippen molar-refractivity contribution in [1.29, 1.82) is 0 Å². The first-order chi connectivity index (χ1) is 8.78. The summed E-state index contributed by atoms with van der Waals surface area (Å²) in [7, 11) is -3.43. The van der Waals surface area contributed by atoms with Gasteiger partial charge in [-0.15, -0.1) is 0 Å². The smallest absolute Gasteiger partial charge is 0.242 e. The number of aromatic nitrogens is 1. The summed E-state index contributed by atoms with van der Waals surface area (Å²) < 4.78 is 24.9. The number of hydrogen-bond acceptors (Lipinski definition) is 4. The van der Waals surface area contributed by atoms with Crippen molar-refractivity contribution in [1.82, 2.24) is 9.71 Å². The maximum atomic E-state index is 12.1. The molecule has 1 unspecified atom stereocenters. The van der Waals surface area contributed by atoms with Crippen LogP contribution in [0.15, 0.2) is 24.5 Å². The SMILES string of the molecule is CC(C)CC(NS(C)(=O)=O)C(=O)Nc1cccnc1. The van der Waals surface area contributed by atoms with Gasteiger partial charge in [0, 0.05) is 6.20 Å². The van der Waals surface area contributed by atoms with Crippen molar-refractivity contribution in [3.63, 3.8) is 0 Å². The van der Waals surface area contributed by atoms with Crippen LogP contribution in [0.4, 0.5) is 5.69 Å². The van der Waals surface area contributed by atoms with Crippen LogP contribution in [-0.4, -0.2) is 31.6 Å². The molecule has 1 amide bonds. The van der Waals surface area contributed by atoms with E-state index in [4.69, 9.17) is 0 Å². The Morgan fingerprint density at radius 2 is 2.11 bits per heavy atom. The molecule has 2 N–H and O–H groups in total.